The summed E-state index contributed by atoms with van der Waals surface area (Å²) < 4.78 is 0. The molecule has 13 heteroatoms. The highest BCUT2D eigenvalue weighted by atomic mass is 35.5. The molecule has 3 amide bonds. The second kappa shape index (κ2) is 9.52. The van der Waals surface area contributed by atoms with Gasteiger partial charge in [-0.25, -0.2) is 4.98 Å². The summed E-state index contributed by atoms with van der Waals surface area (Å²) in [4.78, 5) is 62.0. The SMILES string of the molecule is CN1CCc2nc(C(=O)N[C@@H]3CN(CC(=O)O)C(=O)[C@H]3NC(=O)c3cc4cc(Cl)ccc4[nH]3)sc2C1. The third-order valence-corrected chi connectivity index (χ3v) is 7.59. The van der Waals surface area contributed by atoms with Gasteiger partial charge in [0.25, 0.3) is 11.8 Å². The third kappa shape index (κ3) is 4.79. The average Bonchev–Trinajstić information content (AvgIpc) is 3.50. The van der Waals surface area contributed by atoms with Crippen LogP contribution in [0.15, 0.2) is 24.3 Å². The van der Waals surface area contributed by atoms with Crippen LogP contribution >= 0.6 is 22.9 Å². The molecule has 5 rings (SSSR count). The molecule has 0 bridgehead atoms. The van der Waals surface area contributed by atoms with Gasteiger partial charge in [0.05, 0.1) is 11.7 Å². The number of carbonyl (C=O) groups is 4. The van der Waals surface area contributed by atoms with Crippen LogP contribution in [0.25, 0.3) is 10.9 Å². The summed E-state index contributed by atoms with van der Waals surface area (Å²) in [5.74, 6) is -2.81. The maximum absolute atomic E-state index is 13.0. The lowest BCUT2D eigenvalue weighted by atomic mass is 10.1. The van der Waals surface area contributed by atoms with Crippen LogP contribution in [0.1, 0.15) is 30.9 Å². The van der Waals surface area contributed by atoms with E-state index in [0.29, 0.717) is 17.1 Å². The van der Waals surface area contributed by atoms with Gasteiger partial charge in [0, 0.05) is 46.9 Å². The van der Waals surface area contributed by atoms with Gasteiger partial charge in [-0.15, -0.1) is 11.3 Å². The minimum atomic E-state index is -1.19. The van der Waals surface area contributed by atoms with Crippen LogP contribution < -0.4 is 10.6 Å². The van der Waals surface area contributed by atoms with Crippen molar-refractivity contribution < 1.29 is 24.3 Å². The van der Waals surface area contributed by atoms with E-state index in [1.54, 1.807) is 24.3 Å². The first kappa shape index (κ1) is 24.2. The fourth-order valence-electron chi connectivity index (χ4n) is 4.49. The molecule has 11 nitrogen and oxygen atoms in total. The number of fused-ring (bicyclic) bond motifs is 2. The summed E-state index contributed by atoms with van der Waals surface area (Å²) in [7, 11) is 2.00. The highest BCUT2D eigenvalue weighted by molar-refractivity contribution is 7.13. The standard InChI is InChI=1S/C23H23ClN6O5S/c1-29-5-4-14-17(9-29)36-22(27-14)21(34)26-16-8-30(10-18(31)32)23(35)19(16)28-20(33)15-7-11-6-12(24)2-3-13(11)25-15/h2-3,6-7,16,19,25H,4-5,8-10H2,1H3,(H,26,34)(H,28,33)(H,31,32)/t16-,19+/m1/s1. The molecular formula is C23H23ClN6O5S. The number of rotatable bonds is 6. The normalized spacial score (nSPS) is 19.9. The number of halogens is 1. The molecule has 0 saturated carbocycles. The monoisotopic (exact) mass is 530 g/mol. The highest BCUT2D eigenvalue weighted by Crippen LogP contribution is 2.25. The van der Waals surface area contributed by atoms with Crippen LogP contribution in [-0.2, 0) is 22.6 Å². The van der Waals surface area contributed by atoms with Crippen molar-refractivity contribution in [2.24, 2.45) is 0 Å². The van der Waals surface area contributed by atoms with Gasteiger partial charge in [-0.05, 0) is 31.3 Å². The number of carboxylic acids is 1. The minimum Gasteiger partial charge on any atom is -0.480 e. The molecule has 2 aliphatic rings. The number of hydrogen-bond donors (Lipinski definition) is 4. The molecule has 188 valence electrons. The van der Waals surface area contributed by atoms with Gasteiger partial charge in [0.1, 0.15) is 18.3 Å². The first-order valence-corrected chi connectivity index (χ1v) is 12.4. The van der Waals surface area contributed by atoms with Crippen LogP contribution in [0.4, 0.5) is 0 Å². The number of likely N-dealkylation sites (tertiary alicyclic amines) is 1. The van der Waals surface area contributed by atoms with Gasteiger partial charge < -0.3 is 30.5 Å². The molecular weight excluding hydrogens is 508 g/mol. The van der Waals surface area contributed by atoms with E-state index in [1.165, 1.54) is 11.3 Å². The summed E-state index contributed by atoms with van der Waals surface area (Å²) in [5, 5.41) is 16.2. The Kier molecular flexibility index (Phi) is 6.41. The number of hydrogen-bond acceptors (Lipinski definition) is 7. The van der Waals surface area contributed by atoms with E-state index in [0.717, 1.165) is 33.8 Å². The molecule has 1 saturated heterocycles. The number of aromatic nitrogens is 2. The molecule has 0 radical (unpaired) electrons. The van der Waals surface area contributed by atoms with Crippen molar-refractivity contribution in [3.05, 3.63) is 50.6 Å². The number of carbonyl (C=O) groups excluding carboxylic acids is 3. The quantitative estimate of drug-likeness (QED) is 0.373. The number of benzene rings is 1. The van der Waals surface area contributed by atoms with Gasteiger partial charge in [-0.1, -0.05) is 11.6 Å². The van der Waals surface area contributed by atoms with Gasteiger partial charge in [0.15, 0.2) is 5.01 Å². The number of amides is 3. The summed E-state index contributed by atoms with van der Waals surface area (Å²) in [6, 6.07) is 4.75. The van der Waals surface area contributed by atoms with Crippen molar-refractivity contribution in [3.63, 3.8) is 0 Å². The van der Waals surface area contributed by atoms with E-state index in [1.807, 2.05) is 7.05 Å². The molecule has 36 heavy (non-hydrogen) atoms. The number of H-pyrrole nitrogens is 1. The van der Waals surface area contributed by atoms with Crippen molar-refractivity contribution in [1.29, 1.82) is 0 Å². The summed E-state index contributed by atoms with van der Waals surface area (Å²) >= 11 is 7.32. The van der Waals surface area contributed by atoms with E-state index in [4.69, 9.17) is 11.6 Å². The van der Waals surface area contributed by atoms with Crippen LogP contribution in [0, 0.1) is 0 Å². The molecule has 0 spiro atoms. The average molecular weight is 531 g/mol. The lowest BCUT2D eigenvalue weighted by Crippen LogP contribution is -2.52. The van der Waals surface area contributed by atoms with E-state index in [2.05, 4.69) is 25.5 Å². The molecule has 0 aliphatic carbocycles. The Labute approximate surface area is 214 Å². The lowest BCUT2D eigenvalue weighted by molar-refractivity contribution is -0.143. The second-order valence-electron chi connectivity index (χ2n) is 8.93. The summed E-state index contributed by atoms with van der Waals surface area (Å²) in [6.07, 6.45) is 0.748. The molecule has 3 aromatic rings. The zero-order valence-corrected chi connectivity index (χ0v) is 20.8. The van der Waals surface area contributed by atoms with Crippen molar-refractivity contribution >= 4 is 57.5 Å². The third-order valence-electron chi connectivity index (χ3n) is 6.27. The van der Waals surface area contributed by atoms with Gasteiger partial charge in [-0.2, -0.15) is 0 Å². The molecule has 4 N–H and O–H groups in total. The Hall–Kier alpha value is -3.48. The van der Waals surface area contributed by atoms with E-state index in [-0.39, 0.29) is 17.2 Å². The van der Waals surface area contributed by atoms with E-state index >= 15 is 0 Å². The first-order chi connectivity index (χ1) is 17.2. The maximum Gasteiger partial charge on any atom is 0.323 e. The Morgan fingerprint density at radius 2 is 2.06 bits per heavy atom. The molecule has 2 atom stereocenters. The zero-order chi connectivity index (χ0) is 25.6. The predicted molar refractivity (Wildman–Crippen MR) is 132 cm³/mol. The Morgan fingerprint density at radius 3 is 2.83 bits per heavy atom. The number of nitrogens with zero attached hydrogens (tertiary/aromatic N) is 3. The van der Waals surface area contributed by atoms with Crippen molar-refractivity contribution in [1.82, 2.24) is 30.4 Å². The van der Waals surface area contributed by atoms with Crippen LogP contribution in [0.2, 0.25) is 5.02 Å². The Bertz CT molecular complexity index is 1390. The van der Waals surface area contributed by atoms with Gasteiger partial charge in [0.2, 0.25) is 5.91 Å². The second-order valence-corrected chi connectivity index (χ2v) is 10.5. The number of carboxylic acid groups (broad SMARTS) is 1. The summed E-state index contributed by atoms with van der Waals surface area (Å²) in [5.41, 5.74) is 1.79. The minimum absolute atomic E-state index is 0.0576. The van der Waals surface area contributed by atoms with Crippen LogP contribution in [0.5, 0.6) is 0 Å². The van der Waals surface area contributed by atoms with Crippen LogP contribution in [-0.4, -0.2) is 87.3 Å². The van der Waals surface area contributed by atoms with Crippen LogP contribution in [0.3, 0.4) is 0 Å². The number of aromatic amines is 1. The molecule has 0 unspecified atom stereocenters. The Balaban J connectivity index is 1.35. The zero-order valence-electron chi connectivity index (χ0n) is 19.2. The number of thiazole rings is 1. The van der Waals surface area contributed by atoms with E-state index in [9.17, 15) is 24.3 Å². The fourth-order valence-corrected chi connectivity index (χ4v) is 5.77. The molecule has 1 aromatic carbocycles. The molecule has 2 aliphatic heterocycles. The largest absolute Gasteiger partial charge is 0.480 e. The van der Waals surface area contributed by atoms with Gasteiger partial charge >= 0.3 is 5.97 Å². The molecule has 2 aromatic heterocycles. The lowest BCUT2D eigenvalue weighted by Gasteiger charge is -2.20. The number of likely N-dealkylation sites (N-methyl/N-ethyl adjacent to an activating group) is 1. The first-order valence-electron chi connectivity index (χ1n) is 11.3. The predicted octanol–water partition coefficient (Wildman–Crippen LogP) is 1.09. The summed E-state index contributed by atoms with van der Waals surface area (Å²) in [6.45, 7) is 0.967. The number of aliphatic carboxylic acids is 1. The highest BCUT2D eigenvalue weighted by Gasteiger charge is 2.43. The molecule has 4 heterocycles. The fraction of sp³-hybridized carbons (Fsp3) is 0.348. The maximum atomic E-state index is 13.0. The smallest absolute Gasteiger partial charge is 0.323 e. The molecule has 1 fully saturated rings. The topological polar surface area (TPSA) is 148 Å². The van der Waals surface area contributed by atoms with E-state index < -0.39 is 42.3 Å². The van der Waals surface area contributed by atoms with Crippen molar-refractivity contribution in [2.75, 3.05) is 26.7 Å². The Morgan fingerprint density at radius 1 is 1.25 bits per heavy atom. The van der Waals surface area contributed by atoms with Gasteiger partial charge in [-0.3, -0.25) is 19.2 Å². The number of nitrogens with one attached hydrogen (secondary N) is 3. The van der Waals surface area contributed by atoms with Crippen molar-refractivity contribution in [2.45, 2.75) is 25.0 Å². The van der Waals surface area contributed by atoms with Crippen molar-refractivity contribution in [3.8, 4) is 0 Å².